The molecule has 1 aliphatic heterocycles. The summed E-state index contributed by atoms with van der Waals surface area (Å²) in [4.78, 5) is 37.2. The maximum Gasteiger partial charge on any atom is 0.451 e. The normalized spacial score (nSPS) is 20.5. The van der Waals surface area contributed by atoms with E-state index < -0.39 is 53.6 Å². The number of pyridine rings is 1. The third-order valence-electron chi connectivity index (χ3n) is 5.54. The van der Waals surface area contributed by atoms with Gasteiger partial charge in [0.25, 0.3) is 0 Å². The van der Waals surface area contributed by atoms with E-state index in [9.17, 15) is 31.5 Å². The average molecular weight is 579 g/mol. The number of nitrogens with zero attached hydrogens (tertiary/aromatic N) is 4. The molecule has 3 rings (SSSR count). The van der Waals surface area contributed by atoms with E-state index in [1.54, 1.807) is 20.8 Å². The molecule has 0 spiro atoms. The van der Waals surface area contributed by atoms with Crippen LogP contribution >= 0.6 is 15.9 Å². The third kappa shape index (κ3) is 6.34. The van der Waals surface area contributed by atoms with Crippen LogP contribution in [0.25, 0.3) is 11.1 Å². The van der Waals surface area contributed by atoms with Crippen LogP contribution in [0.1, 0.15) is 52.1 Å². The van der Waals surface area contributed by atoms with Gasteiger partial charge in [0.2, 0.25) is 5.82 Å². The van der Waals surface area contributed by atoms with Crippen LogP contribution in [-0.4, -0.2) is 55.6 Å². The molecule has 13 heteroatoms. The van der Waals surface area contributed by atoms with Crippen LogP contribution in [0.4, 0.5) is 26.7 Å². The number of amides is 1. The third-order valence-corrected chi connectivity index (χ3v) is 6.06. The van der Waals surface area contributed by atoms with Crippen molar-refractivity contribution in [1.29, 1.82) is 0 Å². The van der Waals surface area contributed by atoms with Crippen LogP contribution in [0.2, 0.25) is 0 Å². The van der Waals surface area contributed by atoms with Gasteiger partial charge in [-0.2, -0.15) is 13.2 Å². The molecule has 1 fully saturated rings. The van der Waals surface area contributed by atoms with Crippen molar-refractivity contribution in [2.24, 2.45) is 0 Å². The largest absolute Gasteiger partial charge is 0.451 e. The maximum atomic E-state index is 14.7. The minimum atomic E-state index is -4.75. The second-order valence-electron chi connectivity index (χ2n) is 9.42. The zero-order chi connectivity index (χ0) is 27.0. The molecule has 0 saturated carbocycles. The predicted octanol–water partition coefficient (Wildman–Crippen LogP) is 5.70. The number of hydrogen-bond acceptors (Lipinski definition) is 6. The lowest BCUT2D eigenvalue weighted by Crippen LogP contribution is -2.47. The Morgan fingerprint density at radius 3 is 2.36 bits per heavy atom. The summed E-state index contributed by atoms with van der Waals surface area (Å²) in [5.41, 5.74) is -0.710. The number of carbonyl (C=O) groups excluding carboxylic acids is 2. The van der Waals surface area contributed by atoms with Gasteiger partial charge in [-0.3, -0.25) is 9.69 Å². The second kappa shape index (κ2) is 10.3. The van der Waals surface area contributed by atoms with Crippen molar-refractivity contribution in [2.45, 2.75) is 77.0 Å². The SMILES string of the molecule is C[C@H]1[C@H](F)C[C@@H](C(=O)CCc2cc(-c3cnc(C(F)(F)F)nc3)c(F)c(Br)n2)N1C(=O)OC(C)(C)C. The van der Waals surface area contributed by atoms with Gasteiger partial charge < -0.3 is 4.74 Å². The lowest BCUT2D eigenvalue weighted by molar-refractivity contribution is -0.145. The quantitative estimate of drug-likeness (QED) is 0.334. The monoisotopic (exact) mass is 578 g/mol. The van der Waals surface area contributed by atoms with Crippen molar-refractivity contribution >= 4 is 27.8 Å². The maximum absolute atomic E-state index is 14.7. The van der Waals surface area contributed by atoms with Gasteiger partial charge in [0.15, 0.2) is 11.6 Å². The molecule has 196 valence electrons. The molecule has 7 nitrogen and oxygen atoms in total. The van der Waals surface area contributed by atoms with E-state index in [0.29, 0.717) is 0 Å². The minimum Gasteiger partial charge on any atom is -0.444 e. The molecule has 0 bridgehead atoms. The highest BCUT2D eigenvalue weighted by molar-refractivity contribution is 9.10. The summed E-state index contributed by atoms with van der Waals surface area (Å²) in [6, 6.07) is -0.602. The van der Waals surface area contributed by atoms with Gasteiger partial charge >= 0.3 is 12.3 Å². The molecule has 0 unspecified atom stereocenters. The van der Waals surface area contributed by atoms with Crippen LogP contribution < -0.4 is 0 Å². The van der Waals surface area contributed by atoms with E-state index in [4.69, 9.17) is 4.74 Å². The molecular formula is C23H24BrF5N4O3. The molecule has 2 aromatic rings. The summed E-state index contributed by atoms with van der Waals surface area (Å²) in [6.07, 6.45) is -5.56. The van der Waals surface area contributed by atoms with E-state index in [2.05, 4.69) is 30.9 Å². The van der Waals surface area contributed by atoms with Crippen LogP contribution in [0.15, 0.2) is 23.1 Å². The summed E-state index contributed by atoms with van der Waals surface area (Å²) in [6.45, 7) is 6.48. The van der Waals surface area contributed by atoms with Gasteiger partial charge in [0.05, 0.1) is 12.1 Å². The molecule has 1 amide bonds. The van der Waals surface area contributed by atoms with Crippen molar-refractivity contribution in [3.05, 3.63) is 40.4 Å². The summed E-state index contributed by atoms with van der Waals surface area (Å²) >= 11 is 2.98. The van der Waals surface area contributed by atoms with Gasteiger partial charge in [-0.25, -0.2) is 28.5 Å². The zero-order valence-corrected chi connectivity index (χ0v) is 21.5. The van der Waals surface area contributed by atoms with Gasteiger partial charge in [0.1, 0.15) is 16.4 Å². The van der Waals surface area contributed by atoms with Crippen LogP contribution in [-0.2, 0) is 22.1 Å². The van der Waals surface area contributed by atoms with Crippen molar-refractivity contribution < 1.29 is 36.3 Å². The molecule has 1 aliphatic rings. The number of Topliss-reactive ketones (excluding diaryl/α,β-unsaturated/α-hetero) is 1. The van der Waals surface area contributed by atoms with Crippen molar-refractivity contribution in [3.63, 3.8) is 0 Å². The number of aromatic nitrogens is 3. The Labute approximate surface area is 212 Å². The highest BCUT2D eigenvalue weighted by Gasteiger charge is 2.46. The molecule has 1 saturated heterocycles. The zero-order valence-electron chi connectivity index (χ0n) is 19.9. The standard InChI is InChI=1S/C23H24BrF5N4O3/c1-11-15(25)8-16(33(11)21(35)36-22(2,3)4)17(34)6-5-13-7-14(18(26)19(24)32-13)12-9-30-20(31-10-12)23(27,28)29/h7,9-11,15-16H,5-6,8H2,1-4H3/t11-,15+,16-/m0/s1. The number of alkyl halides is 4. The second-order valence-corrected chi connectivity index (χ2v) is 10.2. The molecule has 0 aliphatic carbocycles. The smallest absolute Gasteiger partial charge is 0.444 e. The Kier molecular flexibility index (Phi) is 8.01. The number of halogens is 6. The molecule has 0 N–H and O–H groups in total. The molecule has 2 aromatic heterocycles. The first-order valence-corrected chi connectivity index (χ1v) is 11.8. The molecule has 3 atom stereocenters. The fourth-order valence-electron chi connectivity index (χ4n) is 3.79. The molecule has 0 radical (unpaired) electrons. The number of carbonyl (C=O) groups is 2. The first-order valence-electron chi connectivity index (χ1n) is 11.0. The summed E-state index contributed by atoms with van der Waals surface area (Å²) < 4.78 is 72.4. The number of ketones is 1. The van der Waals surface area contributed by atoms with Gasteiger partial charge in [-0.1, -0.05) is 0 Å². The van der Waals surface area contributed by atoms with Gasteiger partial charge in [-0.15, -0.1) is 0 Å². The predicted molar refractivity (Wildman–Crippen MR) is 122 cm³/mol. The lowest BCUT2D eigenvalue weighted by Gasteiger charge is -2.30. The number of hydrogen-bond donors (Lipinski definition) is 0. The number of aryl methyl sites for hydroxylation is 1. The van der Waals surface area contributed by atoms with Crippen molar-refractivity contribution in [2.75, 3.05) is 0 Å². The average Bonchev–Trinajstić information content (AvgIpc) is 3.07. The molecule has 36 heavy (non-hydrogen) atoms. The Hall–Kier alpha value is -2.70. The van der Waals surface area contributed by atoms with E-state index >= 15 is 0 Å². The lowest BCUT2D eigenvalue weighted by atomic mass is 10.0. The van der Waals surface area contributed by atoms with Crippen LogP contribution in [0.5, 0.6) is 0 Å². The van der Waals surface area contributed by atoms with E-state index in [0.717, 1.165) is 17.3 Å². The Morgan fingerprint density at radius 1 is 1.19 bits per heavy atom. The van der Waals surface area contributed by atoms with E-state index in [1.165, 1.54) is 13.0 Å². The number of rotatable bonds is 5. The Balaban J connectivity index is 1.78. The number of likely N-dealkylation sites (tertiary alicyclic amines) is 1. The van der Waals surface area contributed by atoms with E-state index in [-0.39, 0.29) is 40.7 Å². The summed E-state index contributed by atoms with van der Waals surface area (Å²) in [5.74, 6) is -2.62. The first kappa shape index (κ1) is 27.9. The Bertz CT molecular complexity index is 1140. The first-order chi connectivity index (χ1) is 16.6. The van der Waals surface area contributed by atoms with Crippen molar-refractivity contribution in [3.8, 4) is 11.1 Å². The molecule has 0 aromatic carbocycles. The fraction of sp³-hybridized carbons (Fsp3) is 0.522. The van der Waals surface area contributed by atoms with Crippen LogP contribution in [0.3, 0.4) is 0 Å². The van der Waals surface area contributed by atoms with Gasteiger partial charge in [0, 0.05) is 42.1 Å². The topological polar surface area (TPSA) is 85.3 Å². The number of ether oxygens (including phenoxy) is 1. The van der Waals surface area contributed by atoms with Crippen LogP contribution in [0, 0.1) is 5.82 Å². The van der Waals surface area contributed by atoms with E-state index in [1.807, 2.05) is 0 Å². The minimum absolute atomic E-state index is 0.0101. The summed E-state index contributed by atoms with van der Waals surface area (Å²) in [7, 11) is 0. The molecular weight excluding hydrogens is 555 g/mol. The fourth-order valence-corrected chi connectivity index (χ4v) is 4.24. The Morgan fingerprint density at radius 2 is 1.81 bits per heavy atom. The van der Waals surface area contributed by atoms with Gasteiger partial charge in [-0.05, 0) is 56.1 Å². The summed E-state index contributed by atoms with van der Waals surface area (Å²) in [5, 5.41) is 0. The van der Waals surface area contributed by atoms with Crippen molar-refractivity contribution in [1.82, 2.24) is 19.9 Å². The highest BCUT2D eigenvalue weighted by atomic mass is 79.9. The molecule has 3 heterocycles. The highest BCUT2D eigenvalue weighted by Crippen LogP contribution is 2.32.